The number of amides is 2. The van der Waals surface area contributed by atoms with E-state index in [2.05, 4.69) is 0 Å². The average Bonchev–Trinajstić information content (AvgIpc) is 2.52. The van der Waals surface area contributed by atoms with Crippen LogP contribution >= 0.6 is 18.6 Å². The summed E-state index contributed by atoms with van der Waals surface area (Å²) in [6.45, 7) is 7.43. The van der Waals surface area contributed by atoms with Gasteiger partial charge in [-0.3, -0.25) is 9.59 Å². The Morgan fingerprint density at radius 1 is 0.769 bits per heavy atom. The molecule has 2 rings (SSSR count). The maximum atomic E-state index is 12.6. The SMILES string of the molecule is Cc1cccc(C)c1C(C(N)=O)(C(N)=O)c1c(C)cccc1C.[Cl][Ti][Cl]. The second-order valence-electron chi connectivity index (χ2n) is 6.08. The van der Waals surface area contributed by atoms with Crippen LogP contribution in [0, 0.1) is 27.7 Å². The number of carbonyl (C=O) groups is 2. The Kier molecular flexibility index (Phi) is 8.36. The van der Waals surface area contributed by atoms with Crippen LogP contribution in [0.5, 0.6) is 0 Å². The van der Waals surface area contributed by atoms with Crippen LogP contribution in [0.25, 0.3) is 0 Å². The molecule has 0 fully saturated rings. The molecule has 138 valence electrons. The van der Waals surface area contributed by atoms with Gasteiger partial charge in [0, 0.05) is 0 Å². The molecule has 0 atom stereocenters. The Morgan fingerprint density at radius 3 is 1.19 bits per heavy atom. The normalized spacial score (nSPS) is 10.5. The van der Waals surface area contributed by atoms with E-state index in [9.17, 15) is 9.59 Å². The van der Waals surface area contributed by atoms with Gasteiger partial charge in [0.05, 0.1) is 0 Å². The van der Waals surface area contributed by atoms with Gasteiger partial charge in [0.1, 0.15) is 0 Å². The fourth-order valence-corrected chi connectivity index (χ4v) is 3.55. The van der Waals surface area contributed by atoms with Gasteiger partial charge in [-0.2, -0.15) is 0 Å². The monoisotopic (exact) mass is 428 g/mol. The van der Waals surface area contributed by atoms with Gasteiger partial charge >= 0.3 is 35.6 Å². The molecule has 4 N–H and O–H groups in total. The number of primary amides is 2. The number of rotatable bonds is 4. The van der Waals surface area contributed by atoms with Crippen LogP contribution < -0.4 is 11.5 Å². The summed E-state index contributed by atoms with van der Waals surface area (Å²) in [5.74, 6) is -1.50. The number of carbonyl (C=O) groups excluding carboxylic acids is 2. The molecule has 0 aliphatic heterocycles. The molecule has 7 heteroatoms. The minimum atomic E-state index is -1.68. The molecule has 0 heterocycles. The first-order valence-corrected chi connectivity index (χ1v) is 12.1. The van der Waals surface area contributed by atoms with Crippen molar-refractivity contribution in [2.24, 2.45) is 11.5 Å². The van der Waals surface area contributed by atoms with Gasteiger partial charge in [0.25, 0.3) is 0 Å². The average molecular weight is 429 g/mol. The molecule has 0 aliphatic rings. The van der Waals surface area contributed by atoms with E-state index in [0.717, 1.165) is 22.3 Å². The molecule has 0 spiro atoms. The summed E-state index contributed by atoms with van der Waals surface area (Å²) in [6.07, 6.45) is 0. The first-order valence-electron chi connectivity index (χ1n) is 7.85. The fraction of sp³-hybridized carbons (Fsp3) is 0.263. The Hall–Kier alpha value is -1.33. The van der Waals surface area contributed by atoms with Crippen LogP contribution in [-0.4, -0.2) is 11.8 Å². The van der Waals surface area contributed by atoms with Crippen LogP contribution in [0.3, 0.4) is 0 Å². The molecule has 0 saturated carbocycles. The molecule has 0 bridgehead atoms. The summed E-state index contributed by atoms with van der Waals surface area (Å²) >= 11 is -0.556. The van der Waals surface area contributed by atoms with E-state index in [-0.39, 0.29) is 0 Å². The van der Waals surface area contributed by atoms with Gasteiger partial charge in [-0.05, 0) is 61.1 Å². The van der Waals surface area contributed by atoms with Crippen molar-refractivity contribution >= 4 is 30.4 Å². The summed E-state index contributed by atoms with van der Waals surface area (Å²) in [5, 5.41) is 0. The summed E-state index contributed by atoms with van der Waals surface area (Å²) in [4.78, 5) is 25.2. The van der Waals surface area contributed by atoms with Crippen LogP contribution in [-0.2, 0) is 32.0 Å². The Bertz CT molecular complexity index is 717. The number of hydrogen-bond acceptors (Lipinski definition) is 2. The van der Waals surface area contributed by atoms with Gasteiger partial charge in [0.15, 0.2) is 5.41 Å². The van der Waals surface area contributed by atoms with Crippen molar-refractivity contribution in [2.75, 3.05) is 0 Å². The first kappa shape index (κ1) is 22.7. The van der Waals surface area contributed by atoms with E-state index < -0.39 is 34.3 Å². The molecule has 0 aliphatic carbocycles. The van der Waals surface area contributed by atoms with Crippen LogP contribution in [0.4, 0.5) is 0 Å². The summed E-state index contributed by atoms with van der Waals surface area (Å²) in [7, 11) is 9.78. The number of halogens is 2. The Morgan fingerprint density at radius 2 is 1.00 bits per heavy atom. The van der Waals surface area contributed by atoms with E-state index in [1.54, 1.807) is 0 Å². The quantitative estimate of drug-likeness (QED) is 0.576. The molecule has 26 heavy (non-hydrogen) atoms. The van der Waals surface area contributed by atoms with Gasteiger partial charge in [-0.25, -0.2) is 0 Å². The molecule has 0 unspecified atom stereocenters. The molecule has 2 amide bonds. The third-order valence-corrected chi connectivity index (χ3v) is 4.45. The minimum absolute atomic E-state index is 0.556. The number of aryl methyl sites for hydroxylation is 4. The Labute approximate surface area is 170 Å². The Balaban J connectivity index is 0.00000105. The van der Waals surface area contributed by atoms with Gasteiger partial charge < -0.3 is 11.5 Å². The van der Waals surface area contributed by atoms with Crippen molar-refractivity contribution in [3.8, 4) is 0 Å². The zero-order valence-electron chi connectivity index (χ0n) is 15.2. The molecular formula is C19H22Cl2N2O2Ti. The van der Waals surface area contributed by atoms with E-state index in [0.29, 0.717) is 11.1 Å². The predicted octanol–water partition coefficient (Wildman–Crippen LogP) is 3.55. The van der Waals surface area contributed by atoms with E-state index in [1.807, 2.05) is 64.1 Å². The van der Waals surface area contributed by atoms with Crippen molar-refractivity contribution in [3.63, 3.8) is 0 Å². The van der Waals surface area contributed by atoms with E-state index in [1.165, 1.54) is 0 Å². The van der Waals surface area contributed by atoms with E-state index >= 15 is 0 Å². The third kappa shape index (κ3) is 4.15. The molecule has 0 radical (unpaired) electrons. The van der Waals surface area contributed by atoms with Crippen molar-refractivity contribution in [1.29, 1.82) is 0 Å². The second kappa shape index (κ2) is 9.56. The zero-order valence-corrected chi connectivity index (χ0v) is 18.3. The van der Waals surface area contributed by atoms with Crippen molar-refractivity contribution in [3.05, 3.63) is 69.8 Å². The standard InChI is InChI=1S/C19H22N2O2.2ClH.Ti/c1-11-7-5-8-12(2)15(11)19(17(20)22,18(21)23)16-13(3)9-6-10-14(16)4;;;/h5-10H,1-4H3,(H2,20,22)(H2,21,23);2*1H;/q;;;+2/p-2. The van der Waals surface area contributed by atoms with Gasteiger partial charge in [0.2, 0.25) is 11.8 Å². The summed E-state index contributed by atoms with van der Waals surface area (Å²) in [6, 6.07) is 11.2. The van der Waals surface area contributed by atoms with E-state index in [4.69, 9.17) is 30.1 Å². The number of benzene rings is 2. The van der Waals surface area contributed by atoms with Crippen LogP contribution in [0.2, 0.25) is 0 Å². The van der Waals surface area contributed by atoms with Crippen molar-refractivity contribution in [2.45, 2.75) is 33.1 Å². The fourth-order valence-electron chi connectivity index (χ4n) is 3.55. The van der Waals surface area contributed by atoms with Crippen molar-refractivity contribution in [1.82, 2.24) is 0 Å². The molecule has 4 nitrogen and oxygen atoms in total. The number of nitrogens with two attached hydrogens (primary N) is 2. The van der Waals surface area contributed by atoms with Crippen LogP contribution in [0.1, 0.15) is 33.4 Å². The first-order chi connectivity index (χ1) is 12.2. The molecule has 0 aromatic heterocycles. The predicted molar refractivity (Wildman–Crippen MR) is 103 cm³/mol. The summed E-state index contributed by atoms with van der Waals surface area (Å²) < 4.78 is 0. The summed E-state index contributed by atoms with van der Waals surface area (Å²) in [5.41, 5.74) is 14.3. The topological polar surface area (TPSA) is 86.2 Å². The van der Waals surface area contributed by atoms with Crippen molar-refractivity contribution < 1.29 is 26.6 Å². The number of hydrogen-bond donors (Lipinski definition) is 2. The van der Waals surface area contributed by atoms with Crippen LogP contribution in [0.15, 0.2) is 36.4 Å². The molecular weight excluding hydrogens is 407 g/mol. The third-order valence-electron chi connectivity index (χ3n) is 4.45. The van der Waals surface area contributed by atoms with Gasteiger partial charge in [-0.15, -0.1) is 0 Å². The zero-order chi connectivity index (χ0) is 20.1. The molecule has 2 aromatic carbocycles. The molecule has 0 saturated heterocycles. The van der Waals surface area contributed by atoms with Gasteiger partial charge in [-0.1, -0.05) is 36.4 Å². The maximum absolute atomic E-state index is 12.6. The molecule has 2 aromatic rings. The second-order valence-corrected chi connectivity index (χ2v) is 8.66.